The van der Waals surface area contributed by atoms with Gasteiger partial charge in [0.1, 0.15) is 0 Å². The number of guanidine groups is 1. The predicted molar refractivity (Wildman–Crippen MR) is 93.0 cm³/mol. The Balaban J connectivity index is 0.00000400. The molecule has 0 spiro atoms. The first-order chi connectivity index (χ1) is 9.76. The highest BCUT2D eigenvalue weighted by Crippen LogP contribution is 1.93. The highest BCUT2D eigenvalue weighted by molar-refractivity contribution is 14.0. The third-order valence-corrected chi connectivity index (χ3v) is 2.61. The first kappa shape index (κ1) is 20.1. The van der Waals surface area contributed by atoms with Crippen LogP contribution in [0.2, 0.25) is 0 Å². The van der Waals surface area contributed by atoms with Crippen molar-refractivity contribution in [2.45, 2.75) is 39.7 Å². The fourth-order valence-corrected chi connectivity index (χ4v) is 1.53. The first-order valence-corrected chi connectivity index (χ1v) is 7.07. The molecule has 0 saturated carbocycles. The summed E-state index contributed by atoms with van der Waals surface area (Å²) in [5, 5.41) is 10.1. The maximum atomic E-state index is 5.49. The molecular formula is C13H26IN5O2. The van der Waals surface area contributed by atoms with Gasteiger partial charge in [0.25, 0.3) is 0 Å². The lowest BCUT2D eigenvalue weighted by molar-refractivity contribution is 0.129. The van der Waals surface area contributed by atoms with Gasteiger partial charge >= 0.3 is 0 Å². The van der Waals surface area contributed by atoms with Crippen molar-refractivity contribution in [2.75, 3.05) is 26.8 Å². The van der Waals surface area contributed by atoms with Crippen LogP contribution in [0, 0.1) is 6.92 Å². The van der Waals surface area contributed by atoms with E-state index >= 15 is 0 Å². The second kappa shape index (κ2) is 12.8. The van der Waals surface area contributed by atoms with E-state index in [2.05, 4.69) is 32.7 Å². The molecule has 1 heterocycles. The van der Waals surface area contributed by atoms with E-state index in [0.717, 1.165) is 38.6 Å². The average Bonchev–Trinajstić information content (AvgIpc) is 2.87. The van der Waals surface area contributed by atoms with E-state index < -0.39 is 0 Å². The molecule has 0 unspecified atom stereocenters. The molecule has 21 heavy (non-hydrogen) atoms. The standard InChI is InChI=1S/C13H25N5O2.HI/c1-4-5-8-19-9-6-7-15-13(14-3)16-10-12-17-11(2)20-18-12;/h4-10H2,1-3H3,(H2,14,15,16);1H. The number of halogens is 1. The van der Waals surface area contributed by atoms with Gasteiger partial charge in [-0.05, 0) is 12.8 Å². The van der Waals surface area contributed by atoms with E-state index in [9.17, 15) is 0 Å². The fourth-order valence-electron chi connectivity index (χ4n) is 1.53. The minimum absolute atomic E-state index is 0. The zero-order valence-electron chi connectivity index (χ0n) is 13.0. The van der Waals surface area contributed by atoms with Crippen molar-refractivity contribution in [3.63, 3.8) is 0 Å². The molecule has 0 aliphatic heterocycles. The molecule has 1 rings (SSSR count). The Labute approximate surface area is 143 Å². The predicted octanol–water partition coefficient (Wildman–Crippen LogP) is 1.87. The minimum Gasteiger partial charge on any atom is -0.381 e. The molecule has 8 heteroatoms. The van der Waals surface area contributed by atoms with Crippen LogP contribution in [-0.2, 0) is 11.3 Å². The van der Waals surface area contributed by atoms with Gasteiger partial charge in [0.15, 0.2) is 11.8 Å². The van der Waals surface area contributed by atoms with Gasteiger partial charge in [-0.15, -0.1) is 24.0 Å². The Kier molecular flexibility index (Phi) is 12.3. The van der Waals surface area contributed by atoms with E-state index in [1.54, 1.807) is 14.0 Å². The van der Waals surface area contributed by atoms with E-state index in [1.165, 1.54) is 6.42 Å². The van der Waals surface area contributed by atoms with Gasteiger partial charge in [0.05, 0.1) is 6.54 Å². The summed E-state index contributed by atoms with van der Waals surface area (Å²) in [5.41, 5.74) is 0. The van der Waals surface area contributed by atoms with Crippen LogP contribution in [0.25, 0.3) is 0 Å². The molecule has 0 aliphatic carbocycles. The molecule has 0 aromatic carbocycles. The van der Waals surface area contributed by atoms with Gasteiger partial charge in [0, 0.05) is 33.7 Å². The number of nitrogens with zero attached hydrogens (tertiary/aromatic N) is 3. The molecule has 1 aromatic heterocycles. The Morgan fingerprint density at radius 2 is 2.05 bits per heavy atom. The molecule has 0 amide bonds. The van der Waals surface area contributed by atoms with Crippen LogP contribution in [0.3, 0.4) is 0 Å². The zero-order valence-corrected chi connectivity index (χ0v) is 15.3. The SMILES string of the molecule is CCCCOCCCNC(=NC)NCc1noc(C)n1.I. The number of unbranched alkanes of at least 4 members (excludes halogenated alkanes) is 1. The van der Waals surface area contributed by atoms with Gasteiger partial charge in [-0.2, -0.15) is 4.98 Å². The first-order valence-electron chi connectivity index (χ1n) is 7.07. The molecule has 0 atom stereocenters. The summed E-state index contributed by atoms with van der Waals surface area (Å²) in [7, 11) is 1.73. The lowest BCUT2D eigenvalue weighted by Gasteiger charge is -2.10. The van der Waals surface area contributed by atoms with Gasteiger partial charge in [-0.3, -0.25) is 4.99 Å². The smallest absolute Gasteiger partial charge is 0.223 e. The van der Waals surface area contributed by atoms with Crippen LogP contribution in [0.4, 0.5) is 0 Å². The highest BCUT2D eigenvalue weighted by atomic mass is 127. The van der Waals surface area contributed by atoms with E-state index in [1.807, 2.05) is 0 Å². The number of aliphatic imine (C=N–C) groups is 1. The number of aromatic nitrogens is 2. The molecular weight excluding hydrogens is 385 g/mol. The summed E-state index contributed by atoms with van der Waals surface area (Å²) in [6.07, 6.45) is 3.25. The van der Waals surface area contributed by atoms with E-state index in [0.29, 0.717) is 18.3 Å². The molecule has 7 nitrogen and oxygen atoms in total. The van der Waals surface area contributed by atoms with Gasteiger partial charge in [-0.1, -0.05) is 18.5 Å². The molecule has 0 bridgehead atoms. The topological polar surface area (TPSA) is 84.6 Å². The van der Waals surface area contributed by atoms with Crippen LogP contribution in [0.1, 0.15) is 37.9 Å². The number of nitrogens with one attached hydrogen (secondary N) is 2. The summed E-state index contributed by atoms with van der Waals surface area (Å²) in [6, 6.07) is 0. The third-order valence-electron chi connectivity index (χ3n) is 2.61. The lowest BCUT2D eigenvalue weighted by atomic mass is 10.4. The molecule has 0 aliphatic rings. The van der Waals surface area contributed by atoms with Crippen LogP contribution in [-0.4, -0.2) is 42.9 Å². The molecule has 2 N–H and O–H groups in total. The summed E-state index contributed by atoms with van der Waals surface area (Å²) < 4.78 is 10.4. The summed E-state index contributed by atoms with van der Waals surface area (Å²) in [6.45, 7) is 6.85. The van der Waals surface area contributed by atoms with E-state index in [-0.39, 0.29) is 24.0 Å². The van der Waals surface area contributed by atoms with Gasteiger partial charge in [0.2, 0.25) is 5.89 Å². The maximum absolute atomic E-state index is 5.49. The minimum atomic E-state index is 0. The number of hydrogen-bond acceptors (Lipinski definition) is 5. The van der Waals surface area contributed by atoms with Crippen molar-refractivity contribution in [1.29, 1.82) is 0 Å². The second-order valence-corrected chi connectivity index (χ2v) is 4.40. The molecule has 122 valence electrons. The maximum Gasteiger partial charge on any atom is 0.223 e. The normalized spacial score (nSPS) is 11.1. The fraction of sp³-hybridized carbons (Fsp3) is 0.769. The van der Waals surface area contributed by atoms with Gasteiger partial charge in [-0.25, -0.2) is 0 Å². The Morgan fingerprint density at radius 1 is 1.29 bits per heavy atom. The highest BCUT2D eigenvalue weighted by Gasteiger charge is 2.03. The zero-order chi connectivity index (χ0) is 14.6. The van der Waals surface area contributed by atoms with Crippen LogP contribution in [0.5, 0.6) is 0 Å². The number of aryl methyl sites for hydroxylation is 1. The lowest BCUT2D eigenvalue weighted by Crippen LogP contribution is -2.37. The molecule has 0 radical (unpaired) electrons. The van der Waals surface area contributed by atoms with Crippen LogP contribution < -0.4 is 10.6 Å². The van der Waals surface area contributed by atoms with Crippen molar-refractivity contribution >= 4 is 29.9 Å². The van der Waals surface area contributed by atoms with Crippen molar-refractivity contribution in [1.82, 2.24) is 20.8 Å². The number of hydrogen-bond donors (Lipinski definition) is 2. The van der Waals surface area contributed by atoms with Crippen molar-refractivity contribution in [2.24, 2.45) is 4.99 Å². The summed E-state index contributed by atoms with van der Waals surface area (Å²) in [4.78, 5) is 8.24. The van der Waals surface area contributed by atoms with Crippen LogP contribution in [0.15, 0.2) is 9.52 Å². The largest absolute Gasteiger partial charge is 0.381 e. The molecule has 1 aromatic rings. The quantitative estimate of drug-likeness (QED) is 0.279. The van der Waals surface area contributed by atoms with Crippen molar-refractivity contribution in [3.8, 4) is 0 Å². The van der Waals surface area contributed by atoms with Crippen molar-refractivity contribution in [3.05, 3.63) is 11.7 Å². The monoisotopic (exact) mass is 411 g/mol. The molecule has 0 saturated heterocycles. The van der Waals surface area contributed by atoms with E-state index in [4.69, 9.17) is 9.26 Å². The van der Waals surface area contributed by atoms with Gasteiger partial charge < -0.3 is 19.9 Å². The number of ether oxygens (including phenoxy) is 1. The Morgan fingerprint density at radius 3 is 2.67 bits per heavy atom. The average molecular weight is 411 g/mol. The molecule has 0 fully saturated rings. The second-order valence-electron chi connectivity index (χ2n) is 4.40. The summed E-state index contributed by atoms with van der Waals surface area (Å²) >= 11 is 0. The summed E-state index contributed by atoms with van der Waals surface area (Å²) in [5.74, 6) is 1.91. The van der Waals surface area contributed by atoms with Crippen LogP contribution >= 0.6 is 24.0 Å². The Bertz CT molecular complexity index is 398. The van der Waals surface area contributed by atoms with Crippen molar-refractivity contribution < 1.29 is 9.26 Å². The third kappa shape index (κ3) is 9.62. The Hall–Kier alpha value is -0.900. The number of rotatable bonds is 9.